The molecule has 0 aromatic heterocycles. The Labute approximate surface area is 120 Å². The molecule has 2 nitrogen and oxygen atoms in total. The van der Waals surface area contributed by atoms with Crippen LogP contribution in [0.3, 0.4) is 0 Å². The first-order valence-corrected chi connectivity index (χ1v) is 6.72. The highest BCUT2D eigenvalue weighted by molar-refractivity contribution is 5.47. The highest BCUT2D eigenvalue weighted by Crippen LogP contribution is 2.26. The van der Waals surface area contributed by atoms with Crippen LogP contribution in [0.4, 0.5) is 27.6 Å². The van der Waals surface area contributed by atoms with Crippen LogP contribution in [0.5, 0.6) is 0 Å². The molecule has 1 rings (SSSR count). The van der Waals surface area contributed by atoms with E-state index in [0.29, 0.717) is 12.5 Å². The first kappa shape index (κ1) is 17.7. The van der Waals surface area contributed by atoms with Crippen molar-refractivity contribution >= 4 is 5.69 Å². The Morgan fingerprint density at radius 2 is 1.33 bits per heavy atom. The third kappa shape index (κ3) is 4.30. The van der Waals surface area contributed by atoms with E-state index in [9.17, 15) is 22.0 Å². The van der Waals surface area contributed by atoms with Gasteiger partial charge in [0.1, 0.15) is 5.69 Å². The Balaban J connectivity index is 2.57. The second-order valence-electron chi connectivity index (χ2n) is 5.15. The molecule has 0 spiro atoms. The third-order valence-electron chi connectivity index (χ3n) is 3.33. The molecule has 0 saturated carbocycles. The Morgan fingerprint density at radius 1 is 0.857 bits per heavy atom. The normalized spacial score (nSPS) is 11.5. The fourth-order valence-electron chi connectivity index (χ4n) is 1.72. The number of rotatable bonds is 7. The molecule has 0 saturated heterocycles. The summed E-state index contributed by atoms with van der Waals surface area (Å²) in [6.07, 6.45) is 1.30. The summed E-state index contributed by atoms with van der Waals surface area (Å²) < 4.78 is 65.5. The van der Waals surface area contributed by atoms with E-state index in [0.717, 1.165) is 13.0 Å². The monoisotopic (exact) mass is 310 g/mol. The van der Waals surface area contributed by atoms with Crippen molar-refractivity contribution in [2.75, 3.05) is 25.5 Å². The van der Waals surface area contributed by atoms with E-state index in [1.54, 1.807) is 0 Å². The minimum Gasteiger partial charge on any atom is -0.380 e. The number of hydrogen-bond donors (Lipinski definition) is 1. The smallest absolute Gasteiger partial charge is 0.200 e. The molecule has 1 N–H and O–H groups in total. The van der Waals surface area contributed by atoms with Crippen LogP contribution >= 0.6 is 0 Å². The van der Waals surface area contributed by atoms with Gasteiger partial charge < -0.3 is 10.2 Å². The molecule has 1 aromatic carbocycles. The van der Waals surface area contributed by atoms with Gasteiger partial charge in [0.25, 0.3) is 0 Å². The molecule has 0 radical (unpaired) electrons. The average Bonchev–Trinajstić information content (AvgIpc) is 2.45. The van der Waals surface area contributed by atoms with Crippen molar-refractivity contribution in [3.63, 3.8) is 0 Å². The zero-order valence-corrected chi connectivity index (χ0v) is 12.2. The van der Waals surface area contributed by atoms with E-state index < -0.39 is 34.8 Å². The van der Waals surface area contributed by atoms with Crippen LogP contribution in [-0.2, 0) is 0 Å². The zero-order valence-electron chi connectivity index (χ0n) is 12.2. The van der Waals surface area contributed by atoms with Gasteiger partial charge in [0.05, 0.1) is 0 Å². The fraction of sp³-hybridized carbons (Fsp3) is 0.571. The Kier molecular flexibility index (Phi) is 6.39. The molecule has 0 fully saturated rings. The largest absolute Gasteiger partial charge is 0.380 e. The van der Waals surface area contributed by atoms with E-state index in [4.69, 9.17) is 0 Å². The average molecular weight is 310 g/mol. The predicted octanol–water partition coefficient (Wildman–Crippen LogP) is 3.91. The van der Waals surface area contributed by atoms with Crippen molar-refractivity contribution in [3.05, 3.63) is 29.1 Å². The van der Waals surface area contributed by atoms with Gasteiger partial charge in [0, 0.05) is 12.6 Å². The van der Waals surface area contributed by atoms with Crippen LogP contribution < -0.4 is 5.32 Å². The van der Waals surface area contributed by atoms with Crippen molar-refractivity contribution in [1.82, 2.24) is 4.90 Å². The lowest BCUT2D eigenvalue weighted by molar-refractivity contribution is 0.269. The molecule has 0 bridgehead atoms. The van der Waals surface area contributed by atoms with Gasteiger partial charge in [-0.25, -0.2) is 22.0 Å². The molecule has 0 atom stereocenters. The lowest BCUT2D eigenvalue weighted by atomic mass is 10.2. The van der Waals surface area contributed by atoms with Gasteiger partial charge >= 0.3 is 0 Å². The van der Waals surface area contributed by atoms with Gasteiger partial charge in [0.2, 0.25) is 5.82 Å². The maximum Gasteiger partial charge on any atom is 0.200 e. The molecule has 0 aliphatic heterocycles. The van der Waals surface area contributed by atoms with Gasteiger partial charge in [-0.05, 0) is 40.3 Å². The molecular formula is C14H19F5N2. The molecule has 120 valence electrons. The van der Waals surface area contributed by atoms with Gasteiger partial charge in [-0.3, -0.25) is 0 Å². The predicted molar refractivity (Wildman–Crippen MR) is 71.7 cm³/mol. The number of nitrogens with one attached hydrogen (secondary N) is 1. The van der Waals surface area contributed by atoms with Crippen LogP contribution in [0.25, 0.3) is 0 Å². The lowest BCUT2D eigenvalue weighted by Crippen LogP contribution is -2.27. The topological polar surface area (TPSA) is 15.3 Å². The molecule has 1 aromatic rings. The van der Waals surface area contributed by atoms with E-state index in [-0.39, 0.29) is 6.54 Å². The minimum absolute atomic E-state index is 0.129. The number of benzene rings is 1. The maximum atomic E-state index is 13.4. The number of nitrogens with zero attached hydrogens (tertiary/aromatic N) is 1. The van der Waals surface area contributed by atoms with Crippen LogP contribution in [0.15, 0.2) is 0 Å². The van der Waals surface area contributed by atoms with E-state index in [1.807, 2.05) is 20.9 Å². The first-order chi connectivity index (χ1) is 9.77. The third-order valence-corrected chi connectivity index (χ3v) is 3.33. The van der Waals surface area contributed by atoms with Crippen molar-refractivity contribution < 1.29 is 22.0 Å². The quantitative estimate of drug-likeness (QED) is 0.355. The summed E-state index contributed by atoms with van der Waals surface area (Å²) >= 11 is 0. The Bertz CT molecular complexity index is 462. The Morgan fingerprint density at radius 3 is 1.81 bits per heavy atom. The summed E-state index contributed by atoms with van der Waals surface area (Å²) in [5.41, 5.74) is -0.969. The van der Waals surface area contributed by atoms with Crippen LogP contribution in [-0.4, -0.2) is 31.1 Å². The van der Waals surface area contributed by atoms with Crippen LogP contribution in [0, 0.1) is 29.1 Å². The number of hydrogen-bond acceptors (Lipinski definition) is 2. The second-order valence-corrected chi connectivity index (χ2v) is 5.15. The SMILES string of the molecule is CC(C)N(C)CCCCNc1c(F)c(F)c(F)c(F)c1F. The minimum atomic E-state index is -2.14. The standard InChI is InChI=1S/C14H19F5N2/c1-8(2)21(3)7-5-4-6-20-14-12(18)10(16)9(15)11(17)13(14)19/h8,20H,4-7H2,1-3H3. The summed E-state index contributed by atoms with van der Waals surface area (Å²) in [5.74, 6) is -9.67. The molecule has 0 aliphatic carbocycles. The van der Waals surface area contributed by atoms with Crippen molar-refractivity contribution in [1.29, 1.82) is 0 Å². The van der Waals surface area contributed by atoms with Gasteiger partial charge in [0.15, 0.2) is 23.3 Å². The van der Waals surface area contributed by atoms with E-state index in [2.05, 4.69) is 10.2 Å². The van der Waals surface area contributed by atoms with E-state index in [1.165, 1.54) is 0 Å². The summed E-state index contributed by atoms with van der Waals surface area (Å²) in [7, 11) is 1.95. The molecule has 0 amide bonds. The first-order valence-electron chi connectivity index (χ1n) is 6.72. The molecular weight excluding hydrogens is 291 g/mol. The van der Waals surface area contributed by atoms with Crippen molar-refractivity contribution in [2.24, 2.45) is 0 Å². The number of unbranched alkanes of at least 4 members (excludes halogenated alkanes) is 1. The highest BCUT2D eigenvalue weighted by atomic mass is 19.2. The zero-order chi connectivity index (χ0) is 16.2. The molecule has 0 heterocycles. The lowest BCUT2D eigenvalue weighted by Gasteiger charge is -2.20. The van der Waals surface area contributed by atoms with Gasteiger partial charge in [-0.1, -0.05) is 0 Å². The van der Waals surface area contributed by atoms with E-state index >= 15 is 0 Å². The molecule has 0 unspecified atom stereocenters. The fourth-order valence-corrected chi connectivity index (χ4v) is 1.72. The van der Waals surface area contributed by atoms with Gasteiger partial charge in [-0.2, -0.15) is 0 Å². The van der Waals surface area contributed by atoms with Crippen LogP contribution in [0.1, 0.15) is 26.7 Å². The second kappa shape index (κ2) is 7.59. The summed E-state index contributed by atoms with van der Waals surface area (Å²) in [5, 5.41) is 2.28. The highest BCUT2D eigenvalue weighted by Gasteiger charge is 2.25. The Hall–Kier alpha value is -1.37. The number of anilines is 1. The molecule has 21 heavy (non-hydrogen) atoms. The number of halogens is 5. The molecule has 7 heteroatoms. The maximum absolute atomic E-state index is 13.4. The summed E-state index contributed by atoms with van der Waals surface area (Å²) in [6.45, 7) is 4.99. The van der Waals surface area contributed by atoms with Crippen LogP contribution in [0.2, 0.25) is 0 Å². The van der Waals surface area contributed by atoms with Crippen molar-refractivity contribution in [2.45, 2.75) is 32.7 Å². The van der Waals surface area contributed by atoms with Crippen molar-refractivity contribution in [3.8, 4) is 0 Å². The summed E-state index contributed by atoms with van der Waals surface area (Å²) in [6, 6.07) is 0.383. The molecule has 0 aliphatic rings. The van der Waals surface area contributed by atoms with Gasteiger partial charge in [-0.15, -0.1) is 0 Å². The summed E-state index contributed by atoms with van der Waals surface area (Å²) in [4.78, 5) is 2.10.